The number of ketones is 1. The van der Waals surface area contributed by atoms with Crippen LogP contribution in [0.5, 0.6) is 0 Å². The fourth-order valence-electron chi connectivity index (χ4n) is 10.4. The summed E-state index contributed by atoms with van der Waals surface area (Å²) >= 11 is 0. The normalized spacial score (nSPS) is 31.3. The molecular weight excluding hydrogens is 985 g/mol. The number of esters is 4. The second-order valence-electron chi connectivity index (χ2n) is 19.9. The number of hydrogen-bond donors (Lipinski definition) is 1. The van der Waals surface area contributed by atoms with E-state index in [2.05, 4.69) is 19.7 Å². The molecule has 5 aliphatic rings. The number of rotatable bonds is 23. The van der Waals surface area contributed by atoms with Gasteiger partial charge in [-0.05, 0) is 54.7 Å². The molecule has 16 atom stereocenters. The van der Waals surface area contributed by atoms with Crippen LogP contribution in [0.4, 0.5) is 0 Å². The Kier molecular flexibility index (Phi) is 24.0. The molecular formula is C58H80O18. The third kappa shape index (κ3) is 16.7. The number of hydrogen-bond acceptors (Lipinski definition) is 18. The quantitative estimate of drug-likeness (QED) is 0.0661. The highest BCUT2D eigenvalue weighted by Crippen LogP contribution is 2.48. The lowest BCUT2D eigenvalue weighted by Crippen LogP contribution is -2.69. The van der Waals surface area contributed by atoms with Gasteiger partial charge in [0.25, 0.3) is 0 Å². The summed E-state index contributed by atoms with van der Waals surface area (Å²) in [5.41, 5.74) is 2.47. The molecule has 76 heavy (non-hydrogen) atoms. The monoisotopic (exact) mass is 1060 g/mol. The van der Waals surface area contributed by atoms with Crippen molar-refractivity contribution in [3.05, 3.63) is 109 Å². The van der Waals surface area contributed by atoms with Crippen LogP contribution in [0, 0.1) is 5.92 Å². The lowest BCUT2D eigenvalue weighted by atomic mass is 9.84. The van der Waals surface area contributed by atoms with E-state index >= 15 is 0 Å². The number of carbonyl (C=O) groups is 5. The molecule has 5 aliphatic heterocycles. The molecule has 0 aliphatic carbocycles. The predicted molar refractivity (Wildman–Crippen MR) is 277 cm³/mol. The van der Waals surface area contributed by atoms with Crippen LogP contribution in [-0.4, -0.2) is 146 Å². The number of aliphatic hydroxyl groups is 1. The molecule has 18 heteroatoms. The summed E-state index contributed by atoms with van der Waals surface area (Å²) in [5.74, 6) is -3.18. The van der Waals surface area contributed by atoms with Gasteiger partial charge in [-0.1, -0.05) is 93.7 Å². The number of ether oxygens (including phenoxy) is 12. The number of carbonyl (C=O) groups excluding carboxylic acids is 5. The maximum absolute atomic E-state index is 12.9. The molecule has 1 N–H and O–H groups in total. The van der Waals surface area contributed by atoms with Gasteiger partial charge in [-0.3, -0.25) is 24.0 Å². The lowest BCUT2D eigenvalue weighted by Gasteiger charge is -2.53. The molecule has 420 valence electrons. The minimum atomic E-state index is -1.24. The number of aliphatic hydroxyl groups excluding tert-OH is 1. The Morgan fingerprint density at radius 2 is 1.37 bits per heavy atom. The van der Waals surface area contributed by atoms with Crippen molar-refractivity contribution in [2.45, 2.75) is 198 Å². The second-order valence-corrected chi connectivity index (χ2v) is 19.9. The van der Waals surface area contributed by atoms with Gasteiger partial charge in [-0.15, -0.1) is 13.2 Å². The van der Waals surface area contributed by atoms with E-state index in [0.29, 0.717) is 50.7 Å². The van der Waals surface area contributed by atoms with Crippen molar-refractivity contribution >= 4 is 29.7 Å². The molecule has 0 amide bonds. The summed E-state index contributed by atoms with van der Waals surface area (Å²) in [7, 11) is 1.59. The highest BCUT2D eigenvalue weighted by Gasteiger charge is 2.65. The lowest BCUT2D eigenvalue weighted by molar-refractivity contribution is -0.382. The fourth-order valence-corrected chi connectivity index (χ4v) is 10.4. The Labute approximate surface area is 447 Å². The average molecular weight is 1070 g/mol. The van der Waals surface area contributed by atoms with Gasteiger partial charge in [0.05, 0.1) is 44.2 Å². The zero-order valence-corrected chi connectivity index (χ0v) is 44.1. The highest BCUT2D eigenvalue weighted by atomic mass is 16.8. The number of methoxy groups -OCH3 is 1. The smallest absolute Gasteiger partial charge is 0.303 e. The van der Waals surface area contributed by atoms with E-state index in [1.807, 2.05) is 73.7 Å². The molecule has 5 fully saturated rings. The zero-order valence-electron chi connectivity index (χ0n) is 44.1. The highest BCUT2D eigenvalue weighted by molar-refractivity contribution is 5.85. The molecule has 1 unspecified atom stereocenters. The second kappa shape index (κ2) is 29.6. The Bertz CT molecular complexity index is 2220. The van der Waals surface area contributed by atoms with Gasteiger partial charge in [0.1, 0.15) is 43.2 Å². The summed E-state index contributed by atoms with van der Waals surface area (Å²) in [6.07, 6.45) is -2.44. The van der Waals surface area contributed by atoms with Crippen molar-refractivity contribution in [2.24, 2.45) is 5.92 Å². The van der Waals surface area contributed by atoms with Crippen molar-refractivity contribution < 1.29 is 85.9 Å². The SMILES string of the molecule is C.C=CC[C@@H]1CCC(=O)[C@@H]([C@@H](OC(C)=O)[C@@H]2O[C@H](CC(=C)COC(C)=O)[C@H](OCc3ccccc3)[C@@H]2O)O1.C=CC[C@@H]1CCC2(OC)O[C@@H]3[C@@H](O[C@H](C[C@@H](C)COC(C)=O)[C@@H]3OCc3ccccc3)[C@H](OC(C)=O)[C@H]2O1. The van der Waals surface area contributed by atoms with Crippen LogP contribution in [0.15, 0.2) is 98.1 Å². The van der Waals surface area contributed by atoms with Crippen LogP contribution in [0.25, 0.3) is 0 Å². The third-order valence-corrected chi connectivity index (χ3v) is 13.8. The number of fused-ring (bicyclic) bond motifs is 2. The standard InChI is InChI=1S/C29H40O9.C28H36O9.CH4/c1-6-10-22-13-14-29(32-5)28(36-22)27(35-20(4)31)25-26(38-29)24(34-17-21-11-8-7-9-12-21)23(37-25)15-18(2)16-33-19(3)30;1-5-9-21-12-13-22(31)25(36-21)28(35-19(4)30)27-24(32)26(34-16-20-10-7-6-8-11-20)23(37-27)14-17(2)15-33-18(3)29;/h6-9,11-12,18,22-28H,1,10,13-17H2,2-5H3;5-8,10-11,21,23-28,32H,1-2,9,12-16H2,3-4H3;1H4/t18-,22-,23-,24+,25-,26+,27+,28-,29?;21-,23-,24+,25+,26+,27-,28-;/m11./s1. The van der Waals surface area contributed by atoms with E-state index in [-0.39, 0.29) is 70.0 Å². The van der Waals surface area contributed by atoms with Crippen LogP contribution in [0.2, 0.25) is 0 Å². The third-order valence-electron chi connectivity index (χ3n) is 13.8. The topological polar surface area (TPSA) is 216 Å². The summed E-state index contributed by atoms with van der Waals surface area (Å²) in [6, 6.07) is 19.3. The maximum atomic E-state index is 12.9. The molecule has 0 bridgehead atoms. The van der Waals surface area contributed by atoms with E-state index in [1.165, 1.54) is 27.7 Å². The molecule has 7 rings (SSSR count). The van der Waals surface area contributed by atoms with Gasteiger partial charge in [-0.25, -0.2) is 0 Å². The molecule has 0 aromatic heterocycles. The summed E-state index contributed by atoms with van der Waals surface area (Å²) in [5, 5.41) is 11.4. The summed E-state index contributed by atoms with van der Waals surface area (Å²) in [6.45, 7) is 19.6. The first-order valence-electron chi connectivity index (χ1n) is 25.8. The minimum absolute atomic E-state index is 0. The van der Waals surface area contributed by atoms with Crippen molar-refractivity contribution in [1.29, 1.82) is 0 Å². The van der Waals surface area contributed by atoms with Crippen molar-refractivity contribution in [1.82, 2.24) is 0 Å². The van der Waals surface area contributed by atoms with Crippen LogP contribution in [0.3, 0.4) is 0 Å². The van der Waals surface area contributed by atoms with E-state index in [1.54, 1.807) is 13.2 Å². The minimum Gasteiger partial charge on any atom is -0.466 e. The van der Waals surface area contributed by atoms with Gasteiger partial charge < -0.3 is 61.9 Å². The molecule has 2 aromatic carbocycles. The summed E-state index contributed by atoms with van der Waals surface area (Å²) < 4.78 is 72.1. The average Bonchev–Trinajstić information content (AvgIpc) is 3.88. The van der Waals surface area contributed by atoms with E-state index in [9.17, 15) is 29.1 Å². The predicted octanol–water partition coefficient (Wildman–Crippen LogP) is 7.20. The first-order chi connectivity index (χ1) is 35.9. The first kappa shape index (κ1) is 61.7. The van der Waals surface area contributed by atoms with Gasteiger partial charge >= 0.3 is 23.9 Å². The van der Waals surface area contributed by atoms with Gasteiger partial charge in [0, 0.05) is 54.1 Å². The Morgan fingerprint density at radius 1 is 0.763 bits per heavy atom. The molecule has 0 radical (unpaired) electrons. The van der Waals surface area contributed by atoms with Crippen LogP contribution < -0.4 is 0 Å². The fraction of sp³-hybridized carbons (Fsp3) is 0.603. The Morgan fingerprint density at radius 3 is 1.93 bits per heavy atom. The van der Waals surface area contributed by atoms with Crippen molar-refractivity contribution in [3.8, 4) is 0 Å². The van der Waals surface area contributed by atoms with Crippen molar-refractivity contribution in [2.75, 3.05) is 20.3 Å². The summed E-state index contributed by atoms with van der Waals surface area (Å²) in [4.78, 5) is 59.8. The molecule has 18 nitrogen and oxygen atoms in total. The van der Waals surface area contributed by atoms with E-state index < -0.39 is 96.9 Å². The zero-order chi connectivity index (χ0) is 54.2. The Hall–Kier alpha value is -5.15. The molecule has 5 saturated heterocycles. The molecule has 5 heterocycles. The van der Waals surface area contributed by atoms with E-state index in [4.69, 9.17) is 56.8 Å². The van der Waals surface area contributed by atoms with Crippen LogP contribution in [-0.2, 0) is 94.0 Å². The van der Waals surface area contributed by atoms with E-state index in [0.717, 1.165) is 11.1 Å². The number of benzene rings is 2. The largest absolute Gasteiger partial charge is 0.466 e. The Balaban J connectivity index is 0.000000277. The van der Waals surface area contributed by atoms with Gasteiger partial charge in [0.15, 0.2) is 36.0 Å². The van der Waals surface area contributed by atoms with Gasteiger partial charge in [-0.2, -0.15) is 0 Å². The molecule has 0 spiro atoms. The van der Waals surface area contributed by atoms with Gasteiger partial charge in [0.2, 0.25) is 0 Å². The van der Waals surface area contributed by atoms with Crippen molar-refractivity contribution in [3.63, 3.8) is 0 Å². The number of Topliss-reactive ketones (excluding diaryl/α,β-unsaturated/α-hetero) is 1. The van der Waals surface area contributed by atoms with Crippen LogP contribution >= 0.6 is 0 Å². The maximum Gasteiger partial charge on any atom is 0.303 e. The molecule has 0 saturated carbocycles. The first-order valence-corrected chi connectivity index (χ1v) is 25.8. The van der Waals surface area contributed by atoms with Crippen LogP contribution in [0.1, 0.15) is 105 Å². The molecule has 2 aromatic rings.